The van der Waals surface area contributed by atoms with Crippen molar-refractivity contribution in [2.24, 2.45) is 0 Å². The Balaban J connectivity index is 0.000000150. The van der Waals surface area contributed by atoms with Gasteiger partial charge < -0.3 is 14.6 Å². The van der Waals surface area contributed by atoms with Gasteiger partial charge in [-0.25, -0.2) is 0 Å². The van der Waals surface area contributed by atoms with E-state index in [-0.39, 0.29) is 13.7 Å². The van der Waals surface area contributed by atoms with Crippen LogP contribution in [-0.2, 0) is 0 Å². The summed E-state index contributed by atoms with van der Waals surface area (Å²) in [6, 6.07) is 50.6. The minimum atomic E-state index is -0.182. The Labute approximate surface area is 372 Å². The topological polar surface area (TPSA) is 64.5 Å². The lowest BCUT2D eigenvalue weighted by Crippen LogP contribution is -2.27. The van der Waals surface area contributed by atoms with Gasteiger partial charge in [0.05, 0.1) is 31.2 Å². The third-order valence-electron chi connectivity index (χ3n) is 11.6. The van der Waals surface area contributed by atoms with Crippen LogP contribution in [0.25, 0.3) is 44.8 Å². The van der Waals surface area contributed by atoms with Gasteiger partial charge in [0.15, 0.2) is 0 Å². The molecule has 312 valence electrons. The summed E-state index contributed by atoms with van der Waals surface area (Å²) in [6.45, 7) is 0. The molecule has 0 aliphatic heterocycles. The second-order valence-corrected chi connectivity index (χ2v) is 19.3. The van der Waals surface area contributed by atoms with E-state index < -0.39 is 0 Å². The number of benzene rings is 5. The van der Waals surface area contributed by atoms with Gasteiger partial charge in [-0.3, -0.25) is 9.97 Å². The number of pyridine rings is 2. The number of phenols is 1. The number of phenolic OH excluding ortho intramolecular Hbond substituents is 1. The molecule has 2 saturated carbocycles. The molecule has 2 aromatic heterocycles. The van der Waals surface area contributed by atoms with E-state index in [1.165, 1.54) is 69.8 Å². The van der Waals surface area contributed by atoms with E-state index in [1.54, 1.807) is 44.1 Å². The molecule has 9 rings (SSSR count). The molecule has 5 aromatic carbocycles. The van der Waals surface area contributed by atoms with Crippen molar-refractivity contribution in [3.05, 3.63) is 169 Å². The number of ether oxygens (including phenoxy) is 2. The lowest BCUT2D eigenvalue weighted by atomic mass is 9.99. The Kier molecular flexibility index (Phi) is 16.2. The van der Waals surface area contributed by atoms with Crippen LogP contribution >= 0.6 is 23.9 Å². The summed E-state index contributed by atoms with van der Waals surface area (Å²) in [5, 5.41) is 11.1. The zero-order chi connectivity index (χ0) is 42.2. The van der Waals surface area contributed by atoms with Crippen LogP contribution in [0.15, 0.2) is 169 Å². The molecule has 0 radical (unpaired) electrons. The lowest BCUT2D eigenvalue weighted by molar-refractivity contribution is 0.397. The zero-order valence-electron chi connectivity index (χ0n) is 35.3. The number of rotatable bonds is 9. The van der Waals surface area contributed by atoms with Crippen molar-refractivity contribution in [1.29, 1.82) is 0 Å². The summed E-state index contributed by atoms with van der Waals surface area (Å²) in [6.07, 6.45) is 17.8. The first-order chi connectivity index (χ1) is 30.0. The minimum absolute atomic E-state index is 0.182. The molecule has 0 unspecified atom stereocenters. The Morgan fingerprint density at radius 2 is 1.00 bits per heavy atom. The first-order valence-corrected chi connectivity index (χ1v) is 23.9. The van der Waals surface area contributed by atoms with Gasteiger partial charge in [-0.05, 0) is 126 Å². The number of hydrogen-bond donors (Lipinski definition) is 1. The summed E-state index contributed by atoms with van der Waals surface area (Å²) in [5.41, 5.74) is 10.4. The highest BCUT2D eigenvalue weighted by atomic mass is 79.9. The van der Waals surface area contributed by atoms with Crippen LogP contribution < -0.4 is 14.8 Å². The third-order valence-corrected chi connectivity index (χ3v) is 15.6. The van der Waals surface area contributed by atoms with Crippen molar-refractivity contribution in [1.82, 2.24) is 9.97 Å². The Bertz CT molecular complexity index is 2380. The lowest BCUT2D eigenvalue weighted by Gasteiger charge is -2.39. The average molecular weight is 892 g/mol. The summed E-state index contributed by atoms with van der Waals surface area (Å²) in [7, 11) is 3.36. The molecule has 7 heteroatoms. The van der Waals surface area contributed by atoms with Crippen LogP contribution in [0.3, 0.4) is 0 Å². The van der Waals surface area contributed by atoms with Crippen LogP contribution in [-0.4, -0.2) is 40.6 Å². The smallest absolute Gasteiger partial charge is 0.130 e. The fourth-order valence-electron chi connectivity index (χ4n) is 8.70. The molecule has 2 fully saturated rings. The zero-order valence-corrected chi connectivity index (χ0v) is 37.8. The number of hydrogen-bond acceptors (Lipinski definition) is 5. The summed E-state index contributed by atoms with van der Waals surface area (Å²) >= 11 is 3.43. The molecule has 0 spiro atoms. The van der Waals surface area contributed by atoms with E-state index in [9.17, 15) is 5.11 Å². The molecule has 2 aliphatic carbocycles. The van der Waals surface area contributed by atoms with Crippen LogP contribution in [0, 0.1) is 0 Å². The van der Waals surface area contributed by atoms with Crippen molar-refractivity contribution >= 4 is 29.2 Å². The number of aromatic nitrogens is 2. The Morgan fingerprint density at radius 3 is 1.54 bits per heavy atom. The first kappa shape index (κ1) is 43.8. The molecule has 1 N–H and O–H groups in total. The largest absolute Gasteiger partial charge is 0.508 e. The molecular formula is C54H56BrN2O3P. The molecule has 2 aliphatic rings. The number of aromatic hydroxyl groups is 1. The van der Waals surface area contributed by atoms with Crippen molar-refractivity contribution in [3.8, 4) is 62.0 Å². The Hall–Kier alpha value is -5.29. The van der Waals surface area contributed by atoms with Crippen molar-refractivity contribution in [2.45, 2.75) is 75.5 Å². The molecular weight excluding hydrogens is 835 g/mol. The maximum absolute atomic E-state index is 9.55. The highest BCUT2D eigenvalue weighted by Crippen LogP contribution is 2.57. The minimum Gasteiger partial charge on any atom is -0.508 e. The van der Waals surface area contributed by atoms with Gasteiger partial charge in [-0.1, -0.05) is 147 Å². The standard InChI is InChI=1S/C26H35O2P.C17H13NO.C11H8BrN/c1-27-23-17-11-18-24(28-2)26(23)22-16-9-10-19-25(22)29(20-12-5-3-6-13-20)21-14-7-4-8-15-21;19-16-8-4-6-14(12-16)13-5-3-7-15(11-13)17-9-1-2-10-18-17;12-10-5-3-4-9(8-10)11-6-1-2-7-13-11/h9-11,16-21H,3-8,12-15H2,1-2H3;1-12,19H;1-8H. The van der Waals surface area contributed by atoms with Gasteiger partial charge in [0.25, 0.3) is 0 Å². The third kappa shape index (κ3) is 11.8. The van der Waals surface area contributed by atoms with E-state index in [0.717, 1.165) is 66.5 Å². The monoisotopic (exact) mass is 890 g/mol. The van der Waals surface area contributed by atoms with E-state index in [0.29, 0.717) is 0 Å². The highest BCUT2D eigenvalue weighted by molar-refractivity contribution is 9.10. The maximum Gasteiger partial charge on any atom is 0.130 e. The predicted octanol–water partition coefficient (Wildman–Crippen LogP) is 14.8. The van der Waals surface area contributed by atoms with Crippen molar-refractivity contribution < 1.29 is 14.6 Å². The second-order valence-electron chi connectivity index (χ2n) is 15.6. The fraction of sp³-hybridized carbons (Fsp3) is 0.259. The number of halogens is 1. The van der Waals surface area contributed by atoms with E-state index in [1.807, 2.05) is 91.0 Å². The van der Waals surface area contributed by atoms with Gasteiger partial charge in [0, 0.05) is 28.0 Å². The fourth-order valence-corrected chi connectivity index (χ4v) is 13.0. The quantitative estimate of drug-likeness (QED) is 0.146. The number of methoxy groups -OCH3 is 2. The van der Waals surface area contributed by atoms with E-state index in [2.05, 4.69) is 74.4 Å². The first-order valence-electron chi connectivity index (χ1n) is 21.6. The van der Waals surface area contributed by atoms with Gasteiger partial charge in [-0.15, -0.1) is 0 Å². The van der Waals surface area contributed by atoms with Crippen LogP contribution in [0.5, 0.6) is 17.2 Å². The molecule has 0 saturated heterocycles. The van der Waals surface area contributed by atoms with Crippen LogP contribution in [0.4, 0.5) is 0 Å². The van der Waals surface area contributed by atoms with Gasteiger partial charge in [0.2, 0.25) is 0 Å². The molecule has 0 amide bonds. The SMILES string of the molecule is Brc1cccc(-c2ccccn2)c1.COc1cccc(OC)c1-c1ccccc1P(C1CCCCC1)C1CCCCC1.Oc1cccc(-c2cccc(-c3ccccn3)c2)c1. The second kappa shape index (κ2) is 22.5. The highest BCUT2D eigenvalue weighted by Gasteiger charge is 2.34. The summed E-state index contributed by atoms with van der Waals surface area (Å²) in [5.74, 6) is 2.11. The van der Waals surface area contributed by atoms with Gasteiger partial charge in [0.1, 0.15) is 17.2 Å². The van der Waals surface area contributed by atoms with Crippen molar-refractivity contribution in [2.75, 3.05) is 14.2 Å². The molecule has 7 aromatic rings. The van der Waals surface area contributed by atoms with Crippen LogP contribution in [0.2, 0.25) is 0 Å². The van der Waals surface area contributed by atoms with Gasteiger partial charge in [-0.2, -0.15) is 0 Å². The van der Waals surface area contributed by atoms with Crippen LogP contribution in [0.1, 0.15) is 64.2 Å². The normalized spacial score (nSPS) is 14.2. The van der Waals surface area contributed by atoms with E-state index in [4.69, 9.17) is 9.47 Å². The van der Waals surface area contributed by atoms with E-state index >= 15 is 0 Å². The summed E-state index contributed by atoms with van der Waals surface area (Å²) in [4.78, 5) is 8.62. The molecule has 2 heterocycles. The number of nitrogens with zero attached hydrogens (tertiary/aromatic N) is 2. The molecule has 0 bridgehead atoms. The average Bonchev–Trinajstić information content (AvgIpc) is 3.33. The molecule has 5 nitrogen and oxygen atoms in total. The summed E-state index contributed by atoms with van der Waals surface area (Å²) < 4.78 is 12.7. The molecule has 0 atom stereocenters. The van der Waals surface area contributed by atoms with Gasteiger partial charge >= 0.3 is 0 Å². The predicted molar refractivity (Wildman–Crippen MR) is 259 cm³/mol. The molecule has 61 heavy (non-hydrogen) atoms. The Morgan fingerprint density at radius 1 is 0.508 bits per heavy atom. The maximum atomic E-state index is 9.55. The van der Waals surface area contributed by atoms with Crippen molar-refractivity contribution in [3.63, 3.8) is 0 Å².